The lowest BCUT2D eigenvalue weighted by Gasteiger charge is -2.40. The largest absolute Gasteiger partial charge is 0.377 e. The van der Waals surface area contributed by atoms with Crippen LogP contribution in [0.2, 0.25) is 0 Å². The number of morpholine rings is 1. The fourth-order valence-corrected chi connectivity index (χ4v) is 5.50. The van der Waals surface area contributed by atoms with Crippen molar-refractivity contribution < 1.29 is 4.74 Å². The van der Waals surface area contributed by atoms with Crippen molar-refractivity contribution in [2.24, 2.45) is 0 Å². The SMILES string of the molecule is C[C@@H]1COC[C@@H](C)N1c1ccc(-c2cnc3[nH]cc(-c4cnn(C5CCN(C)CC5)c4)c3n2)cc1. The van der Waals surface area contributed by atoms with Gasteiger partial charge in [-0.3, -0.25) is 4.68 Å². The van der Waals surface area contributed by atoms with Crippen molar-refractivity contribution in [1.82, 2.24) is 29.6 Å². The molecule has 8 heteroatoms. The minimum atomic E-state index is 0.360. The minimum absolute atomic E-state index is 0.360. The van der Waals surface area contributed by atoms with Crippen LogP contribution in [-0.4, -0.2) is 75.1 Å². The number of aromatic nitrogens is 5. The highest BCUT2D eigenvalue weighted by Crippen LogP contribution is 2.31. The molecule has 0 radical (unpaired) electrons. The molecule has 2 aliphatic rings. The molecular formula is C27H33N7O. The second-order valence-electron chi connectivity index (χ2n) is 10.1. The number of piperidine rings is 1. The Morgan fingerprint density at radius 1 is 0.971 bits per heavy atom. The van der Waals surface area contributed by atoms with Crippen molar-refractivity contribution in [3.8, 4) is 22.4 Å². The first-order chi connectivity index (χ1) is 17.1. The van der Waals surface area contributed by atoms with Gasteiger partial charge in [-0.15, -0.1) is 0 Å². The lowest BCUT2D eigenvalue weighted by molar-refractivity contribution is 0.0757. The average Bonchev–Trinajstić information content (AvgIpc) is 3.52. The standard InChI is InChI=1S/C27H33N7O/c1-18-16-35-17-19(2)34(18)23-6-4-20(5-7-23)25-14-29-27-26(31-25)24(13-28-27)21-12-30-33(15-21)22-8-10-32(3)11-9-22/h4-7,12-15,18-19,22H,8-11,16-17H2,1-3H3,(H,28,29)/t18-,19-/m1/s1. The smallest absolute Gasteiger partial charge is 0.156 e. The van der Waals surface area contributed by atoms with Gasteiger partial charge in [-0.2, -0.15) is 5.10 Å². The van der Waals surface area contributed by atoms with Gasteiger partial charge in [0.05, 0.1) is 37.3 Å². The molecule has 0 aliphatic carbocycles. The van der Waals surface area contributed by atoms with Crippen LogP contribution in [0.15, 0.2) is 49.1 Å². The van der Waals surface area contributed by atoms with E-state index in [-0.39, 0.29) is 0 Å². The number of fused-ring (bicyclic) bond motifs is 1. The molecule has 0 unspecified atom stereocenters. The number of H-pyrrole nitrogens is 1. The fourth-order valence-electron chi connectivity index (χ4n) is 5.50. The fraction of sp³-hybridized carbons (Fsp3) is 0.444. The van der Waals surface area contributed by atoms with E-state index < -0.39 is 0 Å². The molecule has 182 valence electrons. The second-order valence-corrected chi connectivity index (χ2v) is 10.1. The Bertz CT molecular complexity index is 1290. The van der Waals surface area contributed by atoms with E-state index >= 15 is 0 Å². The van der Waals surface area contributed by atoms with Crippen LogP contribution in [0.3, 0.4) is 0 Å². The number of benzene rings is 1. The molecule has 2 saturated heterocycles. The zero-order chi connectivity index (χ0) is 23.9. The number of nitrogens with zero attached hydrogens (tertiary/aromatic N) is 6. The highest BCUT2D eigenvalue weighted by atomic mass is 16.5. The van der Waals surface area contributed by atoms with E-state index in [1.54, 1.807) is 0 Å². The summed E-state index contributed by atoms with van der Waals surface area (Å²) in [5.74, 6) is 0. The van der Waals surface area contributed by atoms with E-state index in [4.69, 9.17) is 14.8 Å². The number of hydrogen-bond donors (Lipinski definition) is 1. The third kappa shape index (κ3) is 4.21. The summed E-state index contributed by atoms with van der Waals surface area (Å²) in [5.41, 5.74) is 6.94. The Morgan fingerprint density at radius 2 is 1.71 bits per heavy atom. The maximum atomic E-state index is 5.69. The van der Waals surface area contributed by atoms with Crippen LogP contribution in [0.4, 0.5) is 5.69 Å². The summed E-state index contributed by atoms with van der Waals surface area (Å²) < 4.78 is 7.82. The molecule has 0 saturated carbocycles. The number of anilines is 1. The van der Waals surface area contributed by atoms with Gasteiger partial charge in [0.15, 0.2) is 5.65 Å². The molecule has 3 aromatic heterocycles. The molecule has 0 amide bonds. The van der Waals surface area contributed by atoms with E-state index in [1.807, 2.05) is 18.6 Å². The minimum Gasteiger partial charge on any atom is -0.377 e. The number of hydrogen-bond acceptors (Lipinski definition) is 6. The van der Waals surface area contributed by atoms with Gasteiger partial charge in [0.2, 0.25) is 0 Å². The second kappa shape index (κ2) is 9.09. The Morgan fingerprint density at radius 3 is 2.46 bits per heavy atom. The van der Waals surface area contributed by atoms with Gasteiger partial charge >= 0.3 is 0 Å². The van der Waals surface area contributed by atoms with Crippen molar-refractivity contribution >= 4 is 16.9 Å². The molecular weight excluding hydrogens is 438 g/mol. The third-order valence-electron chi connectivity index (χ3n) is 7.48. The summed E-state index contributed by atoms with van der Waals surface area (Å²) in [6.45, 7) is 8.18. The number of aromatic amines is 1. The van der Waals surface area contributed by atoms with Crippen molar-refractivity contribution in [2.45, 2.75) is 44.8 Å². The highest BCUT2D eigenvalue weighted by molar-refractivity contribution is 5.91. The predicted molar refractivity (Wildman–Crippen MR) is 139 cm³/mol. The molecule has 1 N–H and O–H groups in total. The van der Waals surface area contributed by atoms with Gasteiger partial charge in [-0.05, 0) is 59.0 Å². The van der Waals surface area contributed by atoms with Gasteiger partial charge in [0, 0.05) is 46.9 Å². The lowest BCUT2D eigenvalue weighted by Crippen LogP contribution is -2.49. The molecule has 8 nitrogen and oxygen atoms in total. The molecule has 35 heavy (non-hydrogen) atoms. The summed E-state index contributed by atoms with van der Waals surface area (Å²) in [6, 6.07) is 9.83. The van der Waals surface area contributed by atoms with Gasteiger partial charge in [-0.1, -0.05) is 12.1 Å². The van der Waals surface area contributed by atoms with Crippen molar-refractivity contribution in [1.29, 1.82) is 0 Å². The van der Waals surface area contributed by atoms with Crippen LogP contribution in [0.5, 0.6) is 0 Å². The maximum absolute atomic E-state index is 5.69. The molecule has 5 heterocycles. The van der Waals surface area contributed by atoms with Crippen LogP contribution < -0.4 is 4.90 Å². The van der Waals surface area contributed by atoms with Gasteiger partial charge in [0.25, 0.3) is 0 Å². The Hall–Kier alpha value is -3.23. The topological polar surface area (TPSA) is 75.1 Å². The molecule has 2 fully saturated rings. The molecule has 1 aromatic carbocycles. The first-order valence-corrected chi connectivity index (χ1v) is 12.6. The van der Waals surface area contributed by atoms with Gasteiger partial charge in [-0.25, -0.2) is 9.97 Å². The van der Waals surface area contributed by atoms with E-state index in [9.17, 15) is 0 Å². The first kappa shape index (κ1) is 22.2. The third-order valence-corrected chi connectivity index (χ3v) is 7.48. The molecule has 0 bridgehead atoms. The van der Waals surface area contributed by atoms with Crippen molar-refractivity contribution in [3.05, 3.63) is 49.1 Å². The Labute approximate surface area is 205 Å². The Balaban J connectivity index is 1.27. The monoisotopic (exact) mass is 471 g/mol. The van der Waals surface area contributed by atoms with E-state index in [0.29, 0.717) is 18.1 Å². The summed E-state index contributed by atoms with van der Waals surface area (Å²) in [4.78, 5) is 17.8. The number of rotatable bonds is 4. The number of nitrogens with one attached hydrogen (secondary N) is 1. The number of ether oxygens (including phenoxy) is 1. The van der Waals surface area contributed by atoms with Crippen molar-refractivity contribution in [2.75, 3.05) is 38.3 Å². The van der Waals surface area contributed by atoms with Gasteiger partial charge < -0.3 is 19.5 Å². The summed E-state index contributed by atoms with van der Waals surface area (Å²) in [6.07, 6.45) is 10.2. The first-order valence-electron chi connectivity index (χ1n) is 12.6. The predicted octanol–water partition coefficient (Wildman–Crippen LogP) is 4.37. The van der Waals surface area contributed by atoms with Gasteiger partial charge in [0.1, 0.15) is 5.52 Å². The van der Waals surface area contributed by atoms with Crippen molar-refractivity contribution in [3.63, 3.8) is 0 Å². The van der Waals surface area contributed by atoms with Crippen LogP contribution >= 0.6 is 0 Å². The Kier molecular flexibility index (Phi) is 5.78. The van der Waals surface area contributed by atoms with E-state index in [2.05, 4.69) is 75.8 Å². The molecule has 0 spiro atoms. The molecule has 6 rings (SSSR count). The lowest BCUT2D eigenvalue weighted by atomic mass is 10.1. The van der Waals surface area contributed by atoms with Crippen LogP contribution in [0, 0.1) is 0 Å². The zero-order valence-corrected chi connectivity index (χ0v) is 20.7. The zero-order valence-electron chi connectivity index (χ0n) is 20.7. The normalized spacial score (nSPS) is 22.2. The van der Waals surface area contributed by atoms with Crippen LogP contribution in [0.25, 0.3) is 33.5 Å². The summed E-state index contributed by atoms with van der Waals surface area (Å²) >= 11 is 0. The number of likely N-dealkylation sites (tertiary alicyclic amines) is 1. The van der Waals surface area contributed by atoms with Crippen LogP contribution in [0.1, 0.15) is 32.7 Å². The van der Waals surface area contributed by atoms with E-state index in [1.165, 1.54) is 5.69 Å². The summed E-state index contributed by atoms with van der Waals surface area (Å²) in [5, 5.41) is 4.70. The quantitative estimate of drug-likeness (QED) is 0.476. The molecule has 2 aliphatic heterocycles. The highest BCUT2D eigenvalue weighted by Gasteiger charge is 2.25. The van der Waals surface area contributed by atoms with E-state index in [0.717, 1.165) is 72.7 Å². The molecule has 2 atom stereocenters. The van der Waals surface area contributed by atoms with Crippen LogP contribution in [-0.2, 0) is 4.74 Å². The summed E-state index contributed by atoms with van der Waals surface area (Å²) in [7, 11) is 2.18. The molecule has 4 aromatic rings. The maximum Gasteiger partial charge on any atom is 0.156 e. The average molecular weight is 472 g/mol.